The predicted octanol–water partition coefficient (Wildman–Crippen LogP) is 3.36. The van der Waals surface area contributed by atoms with Crippen LogP contribution in [-0.4, -0.2) is 9.97 Å². The molecule has 0 unspecified atom stereocenters. The first-order valence-electron chi connectivity index (χ1n) is 5.25. The Morgan fingerprint density at radius 2 is 2.11 bits per heavy atom. The van der Waals surface area contributed by atoms with Gasteiger partial charge in [-0.2, -0.15) is 0 Å². The van der Waals surface area contributed by atoms with Crippen molar-refractivity contribution in [2.75, 3.05) is 5.32 Å². The lowest BCUT2D eigenvalue weighted by Gasteiger charge is -2.04. The normalized spacial score (nSPS) is 10.4. The van der Waals surface area contributed by atoms with Gasteiger partial charge >= 0.3 is 0 Å². The maximum absolute atomic E-state index is 10.4. The zero-order chi connectivity index (χ0) is 12.4. The summed E-state index contributed by atoms with van der Waals surface area (Å²) in [5.74, 6) is 0.547. The van der Waals surface area contributed by atoms with Crippen molar-refractivity contribution in [2.24, 2.45) is 5.18 Å². The molecule has 0 spiro atoms. The minimum atomic E-state index is 0.327. The number of oxazole rings is 1. The number of hydrogen-bond donors (Lipinski definition) is 1. The third-order valence-electron chi connectivity index (χ3n) is 2.45. The molecule has 0 amide bonds. The SMILES string of the molecule is O=Nc1ccnc(Nc2ccc3ncoc3c2)c1. The van der Waals surface area contributed by atoms with Gasteiger partial charge in [0.1, 0.15) is 17.0 Å². The van der Waals surface area contributed by atoms with E-state index in [4.69, 9.17) is 4.42 Å². The fourth-order valence-electron chi connectivity index (χ4n) is 1.63. The number of anilines is 2. The number of aromatic nitrogens is 2. The highest BCUT2D eigenvalue weighted by molar-refractivity contribution is 5.78. The summed E-state index contributed by atoms with van der Waals surface area (Å²) < 4.78 is 5.20. The van der Waals surface area contributed by atoms with Crippen LogP contribution in [0.2, 0.25) is 0 Å². The van der Waals surface area contributed by atoms with Crippen LogP contribution in [0, 0.1) is 4.91 Å². The lowest BCUT2D eigenvalue weighted by molar-refractivity contribution is 0.602. The fourth-order valence-corrected chi connectivity index (χ4v) is 1.63. The number of nitroso groups, excluding NO2 is 1. The molecule has 6 nitrogen and oxygen atoms in total. The highest BCUT2D eigenvalue weighted by Crippen LogP contribution is 2.22. The van der Waals surface area contributed by atoms with E-state index in [-0.39, 0.29) is 0 Å². The second-order valence-electron chi connectivity index (χ2n) is 3.65. The van der Waals surface area contributed by atoms with E-state index in [9.17, 15) is 4.91 Å². The topological polar surface area (TPSA) is 80.4 Å². The summed E-state index contributed by atoms with van der Waals surface area (Å²) in [6.07, 6.45) is 2.91. The Morgan fingerprint density at radius 3 is 3.00 bits per heavy atom. The van der Waals surface area contributed by atoms with E-state index in [2.05, 4.69) is 20.5 Å². The van der Waals surface area contributed by atoms with Crippen molar-refractivity contribution in [3.8, 4) is 0 Å². The number of pyridine rings is 1. The standard InChI is InChI=1S/C12H8N4O2/c17-16-9-3-4-13-12(6-9)15-8-1-2-10-11(5-8)18-7-14-10/h1-7H,(H,13,15). The van der Waals surface area contributed by atoms with Gasteiger partial charge in [0, 0.05) is 24.0 Å². The minimum absolute atomic E-state index is 0.327. The highest BCUT2D eigenvalue weighted by atomic mass is 16.3. The zero-order valence-electron chi connectivity index (χ0n) is 9.20. The molecule has 0 aliphatic heterocycles. The van der Waals surface area contributed by atoms with Crippen LogP contribution in [0.3, 0.4) is 0 Å². The molecular formula is C12H8N4O2. The predicted molar refractivity (Wildman–Crippen MR) is 67.0 cm³/mol. The van der Waals surface area contributed by atoms with Gasteiger partial charge in [-0.1, -0.05) is 0 Å². The Balaban J connectivity index is 1.92. The van der Waals surface area contributed by atoms with Crippen molar-refractivity contribution in [1.29, 1.82) is 0 Å². The summed E-state index contributed by atoms with van der Waals surface area (Å²) in [6, 6.07) is 8.61. The van der Waals surface area contributed by atoms with Gasteiger partial charge in [-0.15, -0.1) is 4.91 Å². The number of fused-ring (bicyclic) bond motifs is 1. The lowest BCUT2D eigenvalue weighted by atomic mass is 10.3. The van der Waals surface area contributed by atoms with Gasteiger partial charge in [0.05, 0.1) is 0 Å². The molecule has 0 aliphatic rings. The average Bonchev–Trinajstić information content (AvgIpc) is 2.86. The Morgan fingerprint density at radius 1 is 1.17 bits per heavy atom. The summed E-state index contributed by atoms with van der Waals surface area (Å²) in [4.78, 5) is 18.5. The Bertz CT molecular complexity index is 708. The third kappa shape index (κ3) is 1.91. The van der Waals surface area contributed by atoms with Crippen LogP contribution in [0.15, 0.2) is 52.5 Å². The molecule has 6 heteroatoms. The van der Waals surface area contributed by atoms with E-state index in [1.807, 2.05) is 18.2 Å². The van der Waals surface area contributed by atoms with Gasteiger partial charge in [0.2, 0.25) is 0 Å². The third-order valence-corrected chi connectivity index (χ3v) is 2.45. The maximum Gasteiger partial charge on any atom is 0.181 e. The number of rotatable bonds is 3. The molecule has 0 saturated carbocycles. The summed E-state index contributed by atoms with van der Waals surface area (Å²) in [5.41, 5.74) is 2.60. The van der Waals surface area contributed by atoms with Crippen LogP contribution in [0.25, 0.3) is 11.1 Å². The molecule has 2 heterocycles. The molecule has 18 heavy (non-hydrogen) atoms. The number of nitrogens with zero attached hydrogens (tertiary/aromatic N) is 3. The zero-order valence-corrected chi connectivity index (χ0v) is 9.20. The quantitative estimate of drug-likeness (QED) is 0.710. The molecule has 0 saturated heterocycles. The van der Waals surface area contributed by atoms with Gasteiger partial charge in [0.15, 0.2) is 12.0 Å². The van der Waals surface area contributed by atoms with Gasteiger partial charge in [-0.25, -0.2) is 9.97 Å². The molecular weight excluding hydrogens is 232 g/mol. The van der Waals surface area contributed by atoms with Crippen molar-refractivity contribution in [2.45, 2.75) is 0 Å². The summed E-state index contributed by atoms with van der Waals surface area (Å²) in [7, 11) is 0. The average molecular weight is 240 g/mol. The van der Waals surface area contributed by atoms with Gasteiger partial charge in [-0.05, 0) is 23.4 Å². The van der Waals surface area contributed by atoms with Gasteiger partial charge in [-0.3, -0.25) is 0 Å². The molecule has 0 bridgehead atoms. The summed E-state index contributed by atoms with van der Waals surface area (Å²) in [5, 5.41) is 5.92. The Hall–Kier alpha value is -2.76. The largest absolute Gasteiger partial charge is 0.443 e. The van der Waals surface area contributed by atoms with Crippen LogP contribution >= 0.6 is 0 Å². The summed E-state index contributed by atoms with van der Waals surface area (Å²) in [6.45, 7) is 0. The molecule has 3 aromatic rings. The monoisotopic (exact) mass is 240 g/mol. The van der Waals surface area contributed by atoms with Crippen LogP contribution in [0.4, 0.5) is 17.2 Å². The smallest absolute Gasteiger partial charge is 0.181 e. The molecule has 3 rings (SSSR count). The Labute approximate surface area is 102 Å². The lowest BCUT2D eigenvalue weighted by Crippen LogP contribution is -1.92. The van der Waals surface area contributed by atoms with E-state index in [1.165, 1.54) is 18.7 Å². The van der Waals surface area contributed by atoms with E-state index in [1.54, 1.807) is 6.07 Å². The maximum atomic E-state index is 10.4. The van der Waals surface area contributed by atoms with E-state index in [0.29, 0.717) is 17.1 Å². The first-order chi connectivity index (χ1) is 8.85. The molecule has 88 valence electrons. The van der Waals surface area contributed by atoms with E-state index >= 15 is 0 Å². The molecule has 2 aromatic heterocycles. The number of nitrogens with one attached hydrogen (secondary N) is 1. The first-order valence-corrected chi connectivity index (χ1v) is 5.25. The molecule has 0 fully saturated rings. The Kier molecular flexibility index (Phi) is 2.45. The second-order valence-corrected chi connectivity index (χ2v) is 3.65. The number of hydrogen-bond acceptors (Lipinski definition) is 6. The molecule has 1 aromatic carbocycles. The molecule has 0 atom stereocenters. The van der Waals surface area contributed by atoms with E-state index in [0.717, 1.165) is 11.2 Å². The molecule has 0 aliphatic carbocycles. The van der Waals surface area contributed by atoms with Crippen LogP contribution in [0.1, 0.15) is 0 Å². The summed E-state index contributed by atoms with van der Waals surface area (Å²) >= 11 is 0. The second kappa shape index (κ2) is 4.25. The van der Waals surface area contributed by atoms with Crippen molar-refractivity contribution < 1.29 is 4.42 Å². The fraction of sp³-hybridized carbons (Fsp3) is 0. The molecule has 1 N–H and O–H groups in total. The van der Waals surface area contributed by atoms with Crippen molar-refractivity contribution >= 4 is 28.3 Å². The van der Waals surface area contributed by atoms with Crippen LogP contribution < -0.4 is 5.32 Å². The number of benzene rings is 1. The van der Waals surface area contributed by atoms with Gasteiger partial charge < -0.3 is 9.73 Å². The van der Waals surface area contributed by atoms with Crippen molar-refractivity contribution in [3.05, 3.63) is 47.8 Å². The first kappa shape index (κ1) is 10.4. The van der Waals surface area contributed by atoms with Gasteiger partial charge in [0.25, 0.3) is 0 Å². The van der Waals surface area contributed by atoms with Crippen molar-refractivity contribution in [3.63, 3.8) is 0 Å². The minimum Gasteiger partial charge on any atom is -0.443 e. The van der Waals surface area contributed by atoms with Crippen LogP contribution in [0.5, 0.6) is 0 Å². The van der Waals surface area contributed by atoms with Crippen LogP contribution in [-0.2, 0) is 0 Å². The van der Waals surface area contributed by atoms with Crippen molar-refractivity contribution in [1.82, 2.24) is 9.97 Å². The highest BCUT2D eigenvalue weighted by Gasteiger charge is 2.02. The molecule has 0 radical (unpaired) electrons. The van der Waals surface area contributed by atoms with E-state index < -0.39 is 0 Å².